The van der Waals surface area contributed by atoms with Crippen LogP contribution in [0.1, 0.15) is 24.3 Å². The van der Waals surface area contributed by atoms with Crippen LogP contribution >= 0.6 is 11.3 Å². The molecular weight excluding hydrogens is 154 g/mol. The summed E-state index contributed by atoms with van der Waals surface area (Å²) in [5, 5.41) is 2.14. The average molecular weight is 165 g/mol. The van der Waals surface area contributed by atoms with E-state index in [1.807, 2.05) is 6.21 Å². The molecule has 0 atom stereocenters. The fraction of sp³-hybridized carbons (Fsp3) is 0.444. The lowest BCUT2D eigenvalue weighted by Gasteiger charge is -2.22. The van der Waals surface area contributed by atoms with E-state index in [2.05, 4.69) is 30.3 Å². The van der Waals surface area contributed by atoms with Gasteiger partial charge in [0.15, 0.2) is 0 Å². The van der Waals surface area contributed by atoms with E-state index in [4.69, 9.17) is 0 Å². The quantitative estimate of drug-likeness (QED) is 0.560. The minimum absolute atomic E-state index is 0.119. The van der Waals surface area contributed by atoms with Crippen LogP contribution in [0.5, 0.6) is 0 Å². The van der Waals surface area contributed by atoms with E-state index in [1.165, 1.54) is 10.4 Å². The molecule has 11 heavy (non-hydrogen) atoms. The zero-order valence-corrected chi connectivity index (χ0v) is 7.61. The number of aliphatic imine (C=N–C) groups is 1. The van der Waals surface area contributed by atoms with E-state index in [1.54, 1.807) is 11.3 Å². The van der Waals surface area contributed by atoms with Gasteiger partial charge >= 0.3 is 0 Å². The highest BCUT2D eigenvalue weighted by molar-refractivity contribution is 7.11. The van der Waals surface area contributed by atoms with Crippen LogP contribution in [0, 0.1) is 0 Å². The van der Waals surface area contributed by atoms with Crippen LogP contribution in [0.3, 0.4) is 0 Å². The summed E-state index contributed by atoms with van der Waals surface area (Å²) in [4.78, 5) is 5.80. The van der Waals surface area contributed by atoms with Gasteiger partial charge in [0.2, 0.25) is 0 Å². The predicted molar refractivity (Wildman–Crippen MR) is 49.7 cm³/mol. The Morgan fingerprint density at radius 1 is 1.55 bits per heavy atom. The second-order valence-electron chi connectivity index (χ2n) is 3.56. The minimum atomic E-state index is 0.119. The lowest BCUT2D eigenvalue weighted by Crippen LogP contribution is -2.23. The maximum absolute atomic E-state index is 4.46. The van der Waals surface area contributed by atoms with Crippen molar-refractivity contribution in [1.82, 2.24) is 0 Å². The first-order valence-corrected chi connectivity index (χ1v) is 4.67. The standard InChI is InChI=1S/C9H11NS/c1-9(2)5-7-3-4-11-8(7)6-10-9/h3-4,6H,5H2,1-2H3. The molecule has 1 aliphatic heterocycles. The van der Waals surface area contributed by atoms with Gasteiger partial charge < -0.3 is 0 Å². The van der Waals surface area contributed by atoms with Crippen molar-refractivity contribution in [2.45, 2.75) is 25.8 Å². The summed E-state index contributed by atoms with van der Waals surface area (Å²) in [6.45, 7) is 4.34. The summed E-state index contributed by atoms with van der Waals surface area (Å²) in [5.74, 6) is 0. The summed E-state index contributed by atoms with van der Waals surface area (Å²) >= 11 is 1.78. The summed E-state index contributed by atoms with van der Waals surface area (Å²) in [6, 6.07) is 2.20. The van der Waals surface area contributed by atoms with Crippen molar-refractivity contribution in [1.29, 1.82) is 0 Å². The van der Waals surface area contributed by atoms with Gasteiger partial charge in [-0.25, -0.2) is 0 Å². The van der Waals surface area contributed by atoms with Crippen LogP contribution in [0.2, 0.25) is 0 Å². The van der Waals surface area contributed by atoms with Gasteiger partial charge in [0, 0.05) is 11.1 Å². The Morgan fingerprint density at radius 2 is 2.36 bits per heavy atom. The second kappa shape index (κ2) is 2.18. The molecule has 0 aromatic carbocycles. The highest BCUT2D eigenvalue weighted by atomic mass is 32.1. The number of fused-ring (bicyclic) bond motifs is 1. The molecule has 0 saturated heterocycles. The Morgan fingerprint density at radius 3 is 3.18 bits per heavy atom. The Kier molecular flexibility index (Phi) is 1.39. The Balaban J connectivity index is 2.44. The van der Waals surface area contributed by atoms with E-state index in [0.29, 0.717) is 0 Å². The third kappa shape index (κ3) is 1.23. The topological polar surface area (TPSA) is 12.4 Å². The molecule has 1 aliphatic rings. The first-order valence-electron chi connectivity index (χ1n) is 3.79. The fourth-order valence-electron chi connectivity index (χ4n) is 1.35. The van der Waals surface area contributed by atoms with Crippen LogP contribution in [-0.4, -0.2) is 11.8 Å². The molecule has 1 nitrogen and oxygen atoms in total. The van der Waals surface area contributed by atoms with Crippen molar-refractivity contribution in [3.05, 3.63) is 21.9 Å². The van der Waals surface area contributed by atoms with E-state index >= 15 is 0 Å². The smallest absolute Gasteiger partial charge is 0.0593 e. The van der Waals surface area contributed by atoms with Gasteiger partial charge in [-0.05, 0) is 37.3 Å². The van der Waals surface area contributed by atoms with E-state index in [0.717, 1.165) is 6.42 Å². The van der Waals surface area contributed by atoms with Crippen LogP contribution in [0.4, 0.5) is 0 Å². The number of hydrogen-bond acceptors (Lipinski definition) is 2. The van der Waals surface area contributed by atoms with Crippen molar-refractivity contribution in [2.24, 2.45) is 4.99 Å². The van der Waals surface area contributed by atoms with Gasteiger partial charge in [-0.3, -0.25) is 4.99 Å². The first kappa shape index (κ1) is 7.04. The second-order valence-corrected chi connectivity index (χ2v) is 4.51. The van der Waals surface area contributed by atoms with Crippen LogP contribution < -0.4 is 0 Å². The van der Waals surface area contributed by atoms with Crippen molar-refractivity contribution in [3.63, 3.8) is 0 Å². The lowest BCUT2D eigenvalue weighted by atomic mass is 9.94. The van der Waals surface area contributed by atoms with Gasteiger partial charge in [0.05, 0.1) is 5.54 Å². The molecule has 1 aromatic rings. The largest absolute Gasteiger partial charge is 0.285 e. The number of thiophene rings is 1. The first-order chi connectivity index (χ1) is 5.17. The SMILES string of the molecule is CC1(C)Cc2ccsc2C=N1. The molecule has 0 spiro atoms. The molecule has 2 heterocycles. The molecule has 2 rings (SSSR count). The monoisotopic (exact) mass is 165 g/mol. The van der Waals surface area contributed by atoms with Gasteiger partial charge in [0.25, 0.3) is 0 Å². The highest BCUT2D eigenvalue weighted by Crippen LogP contribution is 2.26. The molecule has 1 aromatic heterocycles. The maximum Gasteiger partial charge on any atom is 0.0593 e. The fourth-order valence-corrected chi connectivity index (χ4v) is 2.14. The summed E-state index contributed by atoms with van der Waals surface area (Å²) < 4.78 is 0. The molecule has 0 saturated carbocycles. The minimum Gasteiger partial charge on any atom is -0.285 e. The van der Waals surface area contributed by atoms with Crippen LogP contribution in [0.15, 0.2) is 16.4 Å². The Labute approximate surface area is 70.8 Å². The normalized spacial score (nSPS) is 19.8. The number of nitrogens with zero attached hydrogens (tertiary/aromatic N) is 1. The zero-order chi connectivity index (χ0) is 7.90. The molecule has 0 bridgehead atoms. The number of hydrogen-bond donors (Lipinski definition) is 0. The molecule has 0 radical (unpaired) electrons. The highest BCUT2D eigenvalue weighted by Gasteiger charge is 2.21. The maximum atomic E-state index is 4.46. The average Bonchev–Trinajstić information content (AvgIpc) is 2.31. The van der Waals surface area contributed by atoms with Crippen LogP contribution in [-0.2, 0) is 6.42 Å². The van der Waals surface area contributed by atoms with Crippen molar-refractivity contribution in [2.75, 3.05) is 0 Å². The lowest BCUT2D eigenvalue weighted by molar-refractivity contribution is 0.517. The molecule has 0 amide bonds. The predicted octanol–water partition coefficient (Wildman–Crippen LogP) is 2.50. The molecule has 58 valence electrons. The number of rotatable bonds is 0. The summed E-state index contributed by atoms with van der Waals surface area (Å²) in [7, 11) is 0. The van der Waals surface area contributed by atoms with Crippen molar-refractivity contribution < 1.29 is 0 Å². The van der Waals surface area contributed by atoms with Crippen molar-refractivity contribution in [3.8, 4) is 0 Å². The third-order valence-corrected chi connectivity index (χ3v) is 2.83. The van der Waals surface area contributed by atoms with Crippen LogP contribution in [0.25, 0.3) is 0 Å². The molecule has 0 fully saturated rings. The molecule has 0 aliphatic carbocycles. The summed E-state index contributed by atoms with van der Waals surface area (Å²) in [5.41, 5.74) is 1.57. The van der Waals surface area contributed by atoms with Crippen molar-refractivity contribution >= 4 is 17.6 Å². The van der Waals surface area contributed by atoms with E-state index < -0.39 is 0 Å². The molecular formula is C9H11NS. The molecule has 0 unspecified atom stereocenters. The summed E-state index contributed by atoms with van der Waals surface area (Å²) in [6.07, 6.45) is 3.09. The molecule has 2 heteroatoms. The molecule has 0 N–H and O–H groups in total. The van der Waals surface area contributed by atoms with Gasteiger partial charge in [-0.15, -0.1) is 11.3 Å². The van der Waals surface area contributed by atoms with E-state index in [9.17, 15) is 0 Å². The zero-order valence-electron chi connectivity index (χ0n) is 6.79. The van der Waals surface area contributed by atoms with E-state index in [-0.39, 0.29) is 5.54 Å². The Hall–Kier alpha value is -0.630. The van der Waals surface area contributed by atoms with Gasteiger partial charge in [0.1, 0.15) is 0 Å². The van der Waals surface area contributed by atoms with Gasteiger partial charge in [-0.1, -0.05) is 0 Å². The van der Waals surface area contributed by atoms with Gasteiger partial charge in [-0.2, -0.15) is 0 Å². The Bertz CT molecular complexity index is 296. The third-order valence-electron chi connectivity index (χ3n) is 1.94.